The van der Waals surface area contributed by atoms with E-state index >= 15 is 0 Å². The second-order valence-corrected chi connectivity index (χ2v) is 5.40. The molecule has 0 bridgehead atoms. The fraction of sp³-hybridized carbons (Fsp3) is 0.455. The standard InChI is InChI=1S/C11H14Br2N4/c1-6-9(5-12)11(16(4)14-6)17-8(3)10(13)7(2)15-17/h5H2,1-4H3. The number of aromatic nitrogens is 4. The van der Waals surface area contributed by atoms with Gasteiger partial charge in [0.2, 0.25) is 0 Å². The van der Waals surface area contributed by atoms with Crippen LogP contribution >= 0.6 is 31.9 Å². The van der Waals surface area contributed by atoms with E-state index in [1.165, 1.54) is 5.56 Å². The molecule has 0 unspecified atom stereocenters. The van der Waals surface area contributed by atoms with Crippen LogP contribution in [0.3, 0.4) is 0 Å². The van der Waals surface area contributed by atoms with Crippen LogP contribution < -0.4 is 0 Å². The molecule has 0 amide bonds. The molecule has 0 aromatic carbocycles. The van der Waals surface area contributed by atoms with Crippen LogP contribution in [-0.4, -0.2) is 19.6 Å². The Kier molecular flexibility index (Phi) is 3.45. The van der Waals surface area contributed by atoms with E-state index in [-0.39, 0.29) is 0 Å². The fourth-order valence-electron chi connectivity index (χ4n) is 1.94. The highest BCUT2D eigenvalue weighted by molar-refractivity contribution is 9.10. The van der Waals surface area contributed by atoms with Gasteiger partial charge in [-0.15, -0.1) is 0 Å². The molecule has 2 heterocycles. The van der Waals surface area contributed by atoms with Crippen LogP contribution in [0, 0.1) is 20.8 Å². The van der Waals surface area contributed by atoms with Gasteiger partial charge in [-0.05, 0) is 36.7 Å². The summed E-state index contributed by atoms with van der Waals surface area (Å²) in [6.45, 7) is 6.05. The second-order valence-electron chi connectivity index (χ2n) is 4.04. The van der Waals surface area contributed by atoms with Crippen molar-refractivity contribution in [2.45, 2.75) is 26.1 Å². The van der Waals surface area contributed by atoms with Crippen molar-refractivity contribution < 1.29 is 0 Å². The average molecular weight is 362 g/mol. The maximum absolute atomic E-state index is 4.55. The van der Waals surface area contributed by atoms with E-state index in [0.717, 1.165) is 32.7 Å². The lowest BCUT2D eigenvalue weighted by molar-refractivity contribution is 0.681. The predicted molar refractivity (Wildman–Crippen MR) is 74.9 cm³/mol. The molecule has 92 valence electrons. The number of nitrogens with zero attached hydrogens (tertiary/aromatic N) is 4. The zero-order valence-electron chi connectivity index (χ0n) is 10.3. The number of halogens is 2. The van der Waals surface area contributed by atoms with Crippen molar-refractivity contribution >= 4 is 31.9 Å². The molecule has 0 saturated carbocycles. The van der Waals surface area contributed by atoms with Gasteiger partial charge in [-0.1, -0.05) is 15.9 Å². The van der Waals surface area contributed by atoms with Crippen LogP contribution in [0.4, 0.5) is 0 Å². The van der Waals surface area contributed by atoms with Crippen molar-refractivity contribution in [3.05, 3.63) is 27.1 Å². The maximum Gasteiger partial charge on any atom is 0.156 e. The third kappa shape index (κ3) is 1.97. The lowest BCUT2D eigenvalue weighted by Crippen LogP contribution is -2.08. The second kappa shape index (κ2) is 4.57. The van der Waals surface area contributed by atoms with Gasteiger partial charge < -0.3 is 0 Å². The molecule has 2 aromatic rings. The van der Waals surface area contributed by atoms with Gasteiger partial charge in [-0.25, -0.2) is 4.68 Å². The Bertz CT molecular complexity index is 569. The number of aryl methyl sites for hydroxylation is 3. The van der Waals surface area contributed by atoms with Gasteiger partial charge in [0.1, 0.15) is 0 Å². The van der Waals surface area contributed by atoms with Crippen molar-refractivity contribution in [2.24, 2.45) is 7.05 Å². The number of hydrogen-bond donors (Lipinski definition) is 0. The summed E-state index contributed by atoms with van der Waals surface area (Å²) in [6, 6.07) is 0. The van der Waals surface area contributed by atoms with Crippen molar-refractivity contribution in [1.82, 2.24) is 19.6 Å². The van der Waals surface area contributed by atoms with Crippen molar-refractivity contribution in [3.8, 4) is 5.82 Å². The molecule has 4 nitrogen and oxygen atoms in total. The van der Waals surface area contributed by atoms with Crippen LogP contribution in [0.25, 0.3) is 5.82 Å². The summed E-state index contributed by atoms with van der Waals surface area (Å²) in [6.07, 6.45) is 0. The molecule has 0 aliphatic heterocycles. The first-order valence-electron chi connectivity index (χ1n) is 5.28. The summed E-state index contributed by atoms with van der Waals surface area (Å²) in [5.74, 6) is 1.02. The van der Waals surface area contributed by atoms with E-state index in [4.69, 9.17) is 0 Å². The topological polar surface area (TPSA) is 35.6 Å². The van der Waals surface area contributed by atoms with Crippen LogP contribution in [0.2, 0.25) is 0 Å². The Balaban J connectivity index is 2.72. The summed E-state index contributed by atoms with van der Waals surface area (Å²) < 4.78 is 4.87. The lowest BCUT2D eigenvalue weighted by atomic mass is 10.3. The van der Waals surface area contributed by atoms with Gasteiger partial charge in [0, 0.05) is 17.9 Å². The van der Waals surface area contributed by atoms with Crippen molar-refractivity contribution in [3.63, 3.8) is 0 Å². The van der Waals surface area contributed by atoms with Crippen LogP contribution in [-0.2, 0) is 12.4 Å². The Morgan fingerprint density at radius 2 is 1.76 bits per heavy atom. The van der Waals surface area contributed by atoms with Gasteiger partial charge in [0.15, 0.2) is 5.82 Å². The van der Waals surface area contributed by atoms with E-state index in [0.29, 0.717) is 0 Å². The van der Waals surface area contributed by atoms with Gasteiger partial charge in [-0.3, -0.25) is 4.68 Å². The lowest BCUT2D eigenvalue weighted by Gasteiger charge is -2.07. The van der Waals surface area contributed by atoms with Crippen LogP contribution in [0.1, 0.15) is 22.6 Å². The molecular formula is C11H14Br2N4. The van der Waals surface area contributed by atoms with E-state index in [9.17, 15) is 0 Å². The first kappa shape index (κ1) is 12.8. The summed E-state index contributed by atoms with van der Waals surface area (Å²) in [5.41, 5.74) is 4.28. The summed E-state index contributed by atoms with van der Waals surface area (Å²) >= 11 is 7.06. The van der Waals surface area contributed by atoms with Gasteiger partial charge in [0.05, 0.1) is 21.6 Å². The van der Waals surface area contributed by atoms with Gasteiger partial charge in [0.25, 0.3) is 0 Å². The Labute approximate surface area is 117 Å². The molecule has 2 aromatic heterocycles. The monoisotopic (exact) mass is 360 g/mol. The zero-order chi connectivity index (χ0) is 12.7. The average Bonchev–Trinajstić information content (AvgIpc) is 2.69. The third-order valence-electron chi connectivity index (χ3n) is 2.85. The molecule has 0 fully saturated rings. The van der Waals surface area contributed by atoms with E-state index in [1.807, 2.05) is 37.2 Å². The van der Waals surface area contributed by atoms with Gasteiger partial charge >= 0.3 is 0 Å². The summed E-state index contributed by atoms with van der Waals surface area (Å²) in [5, 5.41) is 9.78. The highest BCUT2D eigenvalue weighted by Gasteiger charge is 2.18. The predicted octanol–water partition coefficient (Wildman–Crippen LogP) is 3.19. The van der Waals surface area contributed by atoms with E-state index in [2.05, 4.69) is 42.1 Å². The third-order valence-corrected chi connectivity index (χ3v) is 4.56. The Morgan fingerprint density at radius 3 is 2.24 bits per heavy atom. The first-order chi connectivity index (χ1) is 7.97. The molecule has 0 spiro atoms. The Hall–Kier alpha value is -0.620. The molecule has 17 heavy (non-hydrogen) atoms. The zero-order valence-corrected chi connectivity index (χ0v) is 13.4. The van der Waals surface area contributed by atoms with Crippen LogP contribution in [0.15, 0.2) is 4.47 Å². The molecule has 0 saturated heterocycles. The quantitative estimate of drug-likeness (QED) is 0.770. The minimum absolute atomic E-state index is 0.776. The summed E-state index contributed by atoms with van der Waals surface area (Å²) in [7, 11) is 1.94. The fourth-order valence-corrected chi connectivity index (χ4v) is 2.84. The summed E-state index contributed by atoms with van der Waals surface area (Å²) in [4.78, 5) is 0. The molecule has 0 N–H and O–H groups in total. The first-order valence-corrected chi connectivity index (χ1v) is 7.19. The number of alkyl halides is 1. The molecular weight excluding hydrogens is 348 g/mol. The van der Waals surface area contributed by atoms with Crippen LogP contribution in [0.5, 0.6) is 0 Å². The van der Waals surface area contributed by atoms with Crippen molar-refractivity contribution in [2.75, 3.05) is 0 Å². The minimum atomic E-state index is 0.776. The van der Waals surface area contributed by atoms with E-state index < -0.39 is 0 Å². The largest absolute Gasteiger partial charge is 0.250 e. The maximum atomic E-state index is 4.55. The van der Waals surface area contributed by atoms with Crippen molar-refractivity contribution in [1.29, 1.82) is 0 Å². The van der Waals surface area contributed by atoms with E-state index in [1.54, 1.807) is 0 Å². The smallest absolute Gasteiger partial charge is 0.156 e. The molecule has 0 aliphatic carbocycles. The van der Waals surface area contributed by atoms with Gasteiger partial charge in [-0.2, -0.15) is 10.2 Å². The normalized spacial score (nSPS) is 11.2. The molecule has 6 heteroatoms. The highest BCUT2D eigenvalue weighted by atomic mass is 79.9. The molecule has 2 rings (SSSR count). The minimum Gasteiger partial charge on any atom is -0.250 e. The molecule has 0 atom stereocenters. The highest BCUT2D eigenvalue weighted by Crippen LogP contribution is 2.26. The molecule has 0 radical (unpaired) electrons. The Morgan fingerprint density at radius 1 is 1.12 bits per heavy atom. The number of rotatable bonds is 2. The number of hydrogen-bond acceptors (Lipinski definition) is 2. The SMILES string of the molecule is Cc1nn(-c2c(CBr)c(C)nn2C)c(C)c1Br. The molecule has 0 aliphatic rings.